The standard InChI is InChI=1S/C18H21N3O4/c1-12-19-20-18(25-12)16-11-21(7-9-24-16)17(22)10-15-14-5-3-2-4-13(14)6-8-23-15/h2-5,15-16H,6-11H2,1H3. The Morgan fingerprint density at radius 3 is 2.96 bits per heavy atom. The van der Waals surface area contributed by atoms with Crippen LogP contribution in [0.3, 0.4) is 0 Å². The number of nitrogens with zero attached hydrogens (tertiary/aromatic N) is 3. The van der Waals surface area contributed by atoms with Crippen molar-refractivity contribution in [2.75, 3.05) is 26.3 Å². The minimum atomic E-state index is -0.363. The van der Waals surface area contributed by atoms with E-state index in [1.54, 1.807) is 11.8 Å². The Hall–Kier alpha value is -2.25. The SMILES string of the molecule is Cc1nnc(C2CN(C(=O)CC3OCCc4ccccc43)CCO2)o1. The number of hydrogen-bond donors (Lipinski definition) is 0. The molecule has 2 aliphatic rings. The van der Waals surface area contributed by atoms with Gasteiger partial charge in [0.05, 0.1) is 32.3 Å². The Morgan fingerprint density at radius 2 is 2.12 bits per heavy atom. The second-order valence-electron chi connectivity index (χ2n) is 6.37. The van der Waals surface area contributed by atoms with Crippen LogP contribution < -0.4 is 0 Å². The third-order valence-electron chi connectivity index (χ3n) is 4.69. The third-order valence-corrected chi connectivity index (χ3v) is 4.69. The molecule has 2 aromatic rings. The summed E-state index contributed by atoms with van der Waals surface area (Å²) >= 11 is 0. The van der Waals surface area contributed by atoms with Crippen LogP contribution in [0.15, 0.2) is 28.7 Å². The maximum atomic E-state index is 12.8. The van der Waals surface area contributed by atoms with Gasteiger partial charge in [-0.25, -0.2) is 0 Å². The number of aryl methyl sites for hydroxylation is 1. The molecule has 1 saturated heterocycles. The number of morpholine rings is 1. The van der Waals surface area contributed by atoms with Gasteiger partial charge in [0.2, 0.25) is 17.7 Å². The quantitative estimate of drug-likeness (QED) is 0.848. The lowest BCUT2D eigenvalue weighted by Gasteiger charge is -2.33. The summed E-state index contributed by atoms with van der Waals surface area (Å²) in [6.45, 7) is 3.84. The summed E-state index contributed by atoms with van der Waals surface area (Å²) in [7, 11) is 0. The first-order chi connectivity index (χ1) is 12.2. The van der Waals surface area contributed by atoms with E-state index in [1.807, 2.05) is 12.1 Å². The fourth-order valence-electron chi connectivity index (χ4n) is 3.40. The van der Waals surface area contributed by atoms with Crippen molar-refractivity contribution in [2.24, 2.45) is 0 Å². The highest BCUT2D eigenvalue weighted by molar-refractivity contribution is 5.77. The van der Waals surface area contributed by atoms with Crippen LogP contribution in [-0.2, 0) is 20.7 Å². The van der Waals surface area contributed by atoms with Crippen LogP contribution in [0.4, 0.5) is 0 Å². The van der Waals surface area contributed by atoms with E-state index >= 15 is 0 Å². The first-order valence-corrected chi connectivity index (χ1v) is 8.59. The average Bonchev–Trinajstić information content (AvgIpc) is 3.09. The van der Waals surface area contributed by atoms with Crippen LogP contribution in [0, 0.1) is 6.92 Å². The molecule has 0 aliphatic carbocycles. The van der Waals surface area contributed by atoms with Crippen molar-refractivity contribution in [3.05, 3.63) is 47.2 Å². The van der Waals surface area contributed by atoms with Crippen LogP contribution in [0.2, 0.25) is 0 Å². The molecule has 0 radical (unpaired) electrons. The zero-order chi connectivity index (χ0) is 17.2. The molecule has 1 aromatic carbocycles. The number of fused-ring (bicyclic) bond motifs is 1. The van der Waals surface area contributed by atoms with Gasteiger partial charge in [0, 0.05) is 13.5 Å². The highest BCUT2D eigenvalue weighted by atomic mass is 16.5. The lowest BCUT2D eigenvalue weighted by molar-refractivity contribution is -0.143. The number of aromatic nitrogens is 2. The maximum Gasteiger partial charge on any atom is 0.246 e. The van der Waals surface area contributed by atoms with Crippen molar-refractivity contribution in [1.29, 1.82) is 0 Å². The predicted molar refractivity (Wildman–Crippen MR) is 87.8 cm³/mol. The summed E-state index contributed by atoms with van der Waals surface area (Å²) in [5.41, 5.74) is 2.40. The largest absolute Gasteiger partial charge is 0.423 e. The van der Waals surface area contributed by atoms with E-state index < -0.39 is 0 Å². The van der Waals surface area contributed by atoms with Gasteiger partial charge in [-0.05, 0) is 17.5 Å². The molecule has 2 atom stereocenters. The summed E-state index contributed by atoms with van der Waals surface area (Å²) < 4.78 is 17.0. The van der Waals surface area contributed by atoms with Gasteiger partial charge in [-0.1, -0.05) is 24.3 Å². The van der Waals surface area contributed by atoms with Gasteiger partial charge in [0.15, 0.2) is 6.10 Å². The minimum absolute atomic E-state index is 0.0613. The summed E-state index contributed by atoms with van der Waals surface area (Å²) in [5, 5.41) is 7.83. The topological polar surface area (TPSA) is 77.7 Å². The highest BCUT2D eigenvalue weighted by Crippen LogP contribution is 2.31. The van der Waals surface area contributed by atoms with E-state index in [-0.39, 0.29) is 18.1 Å². The fraction of sp³-hybridized carbons (Fsp3) is 0.500. The van der Waals surface area contributed by atoms with Crippen LogP contribution >= 0.6 is 0 Å². The normalized spacial score (nSPS) is 23.3. The van der Waals surface area contributed by atoms with Gasteiger partial charge in [0.1, 0.15) is 0 Å². The van der Waals surface area contributed by atoms with Gasteiger partial charge in [-0.3, -0.25) is 4.79 Å². The Balaban J connectivity index is 1.43. The zero-order valence-corrected chi connectivity index (χ0v) is 14.2. The van der Waals surface area contributed by atoms with Gasteiger partial charge in [-0.2, -0.15) is 0 Å². The number of hydrogen-bond acceptors (Lipinski definition) is 6. The summed E-state index contributed by atoms with van der Waals surface area (Å²) in [6.07, 6.45) is 0.701. The van der Waals surface area contributed by atoms with Crippen molar-refractivity contribution in [2.45, 2.75) is 32.0 Å². The smallest absolute Gasteiger partial charge is 0.246 e. The molecule has 7 nitrogen and oxygen atoms in total. The van der Waals surface area contributed by atoms with Crippen LogP contribution in [0.25, 0.3) is 0 Å². The number of carbonyl (C=O) groups excluding carboxylic acids is 1. The summed E-state index contributed by atoms with van der Waals surface area (Å²) in [4.78, 5) is 14.6. The van der Waals surface area contributed by atoms with E-state index in [2.05, 4.69) is 22.3 Å². The van der Waals surface area contributed by atoms with Crippen molar-refractivity contribution in [1.82, 2.24) is 15.1 Å². The number of benzene rings is 1. The number of amides is 1. The molecule has 25 heavy (non-hydrogen) atoms. The van der Waals surface area contributed by atoms with Gasteiger partial charge < -0.3 is 18.8 Å². The molecule has 132 valence electrons. The highest BCUT2D eigenvalue weighted by Gasteiger charge is 2.31. The van der Waals surface area contributed by atoms with E-state index in [4.69, 9.17) is 13.9 Å². The zero-order valence-electron chi connectivity index (χ0n) is 14.2. The molecule has 0 saturated carbocycles. The average molecular weight is 343 g/mol. The molecular weight excluding hydrogens is 322 g/mol. The number of ether oxygens (including phenoxy) is 2. The van der Waals surface area contributed by atoms with Crippen molar-refractivity contribution in [3.8, 4) is 0 Å². The molecule has 2 unspecified atom stereocenters. The molecular formula is C18H21N3O4. The first-order valence-electron chi connectivity index (χ1n) is 8.59. The predicted octanol–water partition coefficient (Wildman–Crippen LogP) is 1.98. The molecule has 1 fully saturated rings. The molecule has 0 N–H and O–H groups in total. The Labute approximate surface area is 145 Å². The molecule has 1 amide bonds. The molecule has 0 bridgehead atoms. The van der Waals surface area contributed by atoms with E-state index in [9.17, 15) is 4.79 Å². The van der Waals surface area contributed by atoms with Crippen LogP contribution in [0.5, 0.6) is 0 Å². The maximum absolute atomic E-state index is 12.8. The minimum Gasteiger partial charge on any atom is -0.423 e. The Kier molecular flexibility index (Phi) is 4.50. The van der Waals surface area contributed by atoms with Crippen molar-refractivity contribution >= 4 is 5.91 Å². The number of rotatable bonds is 3. The molecule has 3 heterocycles. The Bertz CT molecular complexity index is 760. The second-order valence-corrected chi connectivity index (χ2v) is 6.37. The third kappa shape index (κ3) is 3.43. The summed E-state index contributed by atoms with van der Waals surface area (Å²) in [6, 6.07) is 8.18. The van der Waals surface area contributed by atoms with E-state index in [0.717, 1.165) is 12.0 Å². The molecule has 0 spiro atoms. The lowest BCUT2D eigenvalue weighted by atomic mass is 9.95. The molecule has 7 heteroatoms. The molecule has 2 aliphatic heterocycles. The lowest BCUT2D eigenvalue weighted by Crippen LogP contribution is -2.43. The van der Waals surface area contributed by atoms with Gasteiger partial charge in [0.25, 0.3) is 0 Å². The van der Waals surface area contributed by atoms with Crippen molar-refractivity contribution in [3.63, 3.8) is 0 Å². The fourth-order valence-corrected chi connectivity index (χ4v) is 3.40. The monoisotopic (exact) mass is 343 g/mol. The first kappa shape index (κ1) is 16.2. The second kappa shape index (κ2) is 6.93. The number of carbonyl (C=O) groups is 1. The summed E-state index contributed by atoms with van der Waals surface area (Å²) in [5.74, 6) is 0.981. The van der Waals surface area contributed by atoms with E-state index in [1.165, 1.54) is 5.56 Å². The van der Waals surface area contributed by atoms with Gasteiger partial charge >= 0.3 is 0 Å². The molecule has 4 rings (SSSR count). The van der Waals surface area contributed by atoms with Crippen LogP contribution in [-0.4, -0.2) is 47.3 Å². The van der Waals surface area contributed by atoms with E-state index in [0.29, 0.717) is 44.5 Å². The van der Waals surface area contributed by atoms with Gasteiger partial charge in [-0.15, -0.1) is 10.2 Å². The Morgan fingerprint density at radius 1 is 1.24 bits per heavy atom. The van der Waals surface area contributed by atoms with Crippen molar-refractivity contribution < 1.29 is 18.7 Å². The molecule has 1 aromatic heterocycles. The van der Waals surface area contributed by atoms with Crippen LogP contribution in [0.1, 0.15) is 41.5 Å².